The third kappa shape index (κ3) is 4.66. The van der Waals surface area contributed by atoms with Crippen LogP contribution in [0.2, 0.25) is 0 Å². The molecule has 1 unspecified atom stereocenters. The summed E-state index contributed by atoms with van der Waals surface area (Å²) in [4.78, 5) is 22.5. The molecule has 0 radical (unpaired) electrons. The molecule has 0 aliphatic carbocycles. The Balaban J connectivity index is 1.57. The molecule has 7 nitrogen and oxygen atoms in total. The lowest BCUT2D eigenvalue weighted by Crippen LogP contribution is -2.41. The van der Waals surface area contributed by atoms with Gasteiger partial charge < -0.3 is 19.7 Å². The van der Waals surface area contributed by atoms with Gasteiger partial charge in [0, 0.05) is 43.4 Å². The fraction of sp³-hybridized carbons (Fsp3) is 0.320. The van der Waals surface area contributed by atoms with Gasteiger partial charge in [-0.25, -0.2) is 9.97 Å². The maximum Gasteiger partial charge on any atom is 0.245 e. The number of hydrogen-bond acceptors (Lipinski definition) is 6. The Hall–Kier alpha value is -3.61. The van der Waals surface area contributed by atoms with Crippen molar-refractivity contribution >= 4 is 22.6 Å². The van der Waals surface area contributed by atoms with Crippen LogP contribution in [0, 0.1) is 0 Å². The highest BCUT2D eigenvalue weighted by molar-refractivity contribution is 5.91. The minimum atomic E-state index is -0.0351. The summed E-state index contributed by atoms with van der Waals surface area (Å²) in [5, 5.41) is 4.36. The van der Waals surface area contributed by atoms with Crippen LogP contribution in [-0.2, 0) is 4.79 Å². The second kappa shape index (κ2) is 9.68. The summed E-state index contributed by atoms with van der Waals surface area (Å²) in [7, 11) is 1.62. The Labute approximate surface area is 188 Å². The van der Waals surface area contributed by atoms with Crippen LogP contribution in [0.5, 0.6) is 11.5 Å². The predicted molar refractivity (Wildman–Crippen MR) is 125 cm³/mol. The fourth-order valence-electron chi connectivity index (χ4n) is 3.96. The molecule has 4 rings (SSSR count). The molecule has 0 saturated carbocycles. The minimum Gasteiger partial charge on any atom is -0.493 e. The van der Waals surface area contributed by atoms with Crippen LogP contribution in [0.4, 0.5) is 5.82 Å². The van der Waals surface area contributed by atoms with Crippen LogP contribution in [0.15, 0.2) is 61.4 Å². The first kappa shape index (κ1) is 21.6. The standard InChI is InChI=1S/C25H28N4O3/c1-4-24(30)29-12-10-19(11-13-29)32-23-14-20-21(15-22(23)31-3)26-16-27-25(20)28-17(2)18-8-6-5-7-9-18/h4-9,14-17,19H,1,10-13H2,2-3H3,(H,26,27,28). The van der Waals surface area contributed by atoms with E-state index in [2.05, 4.69) is 40.9 Å². The summed E-state index contributed by atoms with van der Waals surface area (Å²) in [5.74, 6) is 1.99. The fourth-order valence-corrected chi connectivity index (χ4v) is 3.96. The molecule has 1 fully saturated rings. The number of nitrogens with one attached hydrogen (secondary N) is 1. The summed E-state index contributed by atoms with van der Waals surface area (Å²) in [6, 6.07) is 14.1. The molecule has 2 heterocycles. The number of methoxy groups -OCH3 is 1. The van der Waals surface area contributed by atoms with Crippen LogP contribution in [0.1, 0.15) is 31.4 Å². The number of rotatable bonds is 7. The van der Waals surface area contributed by atoms with Crippen LogP contribution in [0.3, 0.4) is 0 Å². The highest BCUT2D eigenvalue weighted by Crippen LogP contribution is 2.36. The zero-order valence-corrected chi connectivity index (χ0v) is 18.5. The molecule has 1 atom stereocenters. The van der Waals surface area contributed by atoms with Gasteiger partial charge in [-0.2, -0.15) is 0 Å². The molecular formula is C25H28N4O3. The summed E-state index contributed by atoms with van der Waals surface area (Å²) in [6.45, 7) is 6.96. The molecule has 7 heteroatoms. The van der Waals surface area contributed by atoms with Gasteiger partial charge in [0.05, 0.1) is 12.6 Å². The average Bonchev–Trinajstić information content (AvgIpc) is 2.84. The number of aromatic nitrogens is 2. The zero-order valence-electron chi connectivity index (χ0n) is 18.5. The van der Waals surface area contributed by atoms with Gasteiger partial charge >= 0.3 is 0 Å². The third-order valence-corrected chi connectivity index (χ3v) is 5.80. The van der Waals surface area contributed by atoms with Crippen LogP contribution < -0.4 is 14.8 Å². The number of carbonyl (C=O) groups excluding carboxylic acids is 1. The van der Waals surface area contributed by atoms with E-state index < -0.39 is 0 Å². The third-order valence-electron chi connectivity index (χ3n) is 5.80. The lowest BCUT2D eigenvalue weighted by Gasteiger charge is -2.31. The van der Waals surface area contributed by atoms with Gasteiger partial charge in [-0.15, -0.1) is 0 Å². The summed E-state index contributed by atoms with van der Waals surface area (Å²) in [6.07, 6.45) is 4.41. The van der Waals surface area contributed by atoms with Gasteiger partial charge in [0.25, 0.3) is 0 Å². The van der Waals surface area contributed by atoms with E-state index in [9.17, 15) is 4.79 Å². The molecule has 0 spiro atoms. The van der Waals surface area contributed by atoms with E-state index in [0.29, 0.717) is 24.6 Å². The van der Waals surface area contributed by atoms with Crippen molar-refractivity contribution in [1.29, 1.82) is 0 Å². The van der Waals surface area contributed by atoms with E-state index in [1.54, 1.807) is 18.3 Å². The molecule has 166 valence electrons. The van der Waals surface area contributed by atoms with E-state index in [1.807, 2.05) is 30.3 Å². The van der Waals surface area contributed by atoms with Gasteiger partial charge in [0.15, 0.2) is 11.5 Å². The number of fused-ring (bicyclic) bond motifs is 1. The lowest BCUT2D eigenvalue weighted by atomic mass is 10.1. The number of piperidine rings is 1. The highest BCUT2D eigenvalue weighted by atomic mass is 16.5. The van der Waals surface area contributed by atoms with E-state index >= 15 is 0 Å². The smallest absolute Gasteiger partial charge is 0.245 e. The molecule has 3 aromatic rings. The van der Waals surface area contributed by atoms with Crippen LogP contribution >= 0.6 is 0 Å². The number of nitrogens with zero attached hydrogens (tertiary/aromatic N) is 3. The van der Waals surface area contributed by atoms with E-state index in [1.165, 1.54) is 11.6 Å². The second-order valence-corrected chi connectivity index (χ2v) is 7.87. The topological polar surface area (TPSA) is 76.6 Å². The molecule has 1 aliphatic rings. The van der Waals surface area contributed by atoms with E-state index in [0.717, 1.165) is 29.6 Å². The Kier molecular flexibility index (Phi) is 6.54. The molecule has 1 saturated heterocycles. The predicted octanol–water partition coefficient (Wildman–Crippen LogP) is 4.37. The first-order valence-corrected chi connectivity index (χ1v) is 10.8. The minimum absolute atomic E-state index is 0.000465. The molecule has 1 aromatic heterocycles. The van der Waals surface area contributed by atoms with Crippen molar-refractivity contribution in [2.45, 2.75) is 31.9 Å². The molecule has 1 aliphatic heterocycles. The number of carbonyl (C=O) groups is 1. The number of benzene rings is 2. The summed E-state index contributed by atoms with van der Waals surface area (Å²) < 4.78 is 11.9. The Morgan fingerprint density at radius 3 is 2.62 bits per heavy atom. The zero-order chi connectivity index (χ0) is 22.5. The average molecular weight is 433 g/mol. The molecule has 1 amide bonds. The Morgan fingerprint density at radius 2 is 1.94 bits per heavy atom. The quantitative estimate of drug-likeness (QED) is 0.559. The number of anilines is 1. The van der Waals surface area contributed by atoms with Gasteiger partial charge in [0.2, 0.25) is 5.91 Å². The molecule has 0 bridgehead atoms. The second-order valence-electron chi connectivity index (χ2n) is 7.87. The van der Waals surface area contributed by atoms with Gasteiger partial charge in [-0.1, -0.05) is 36.9 Å². The Bertz CT molecular complexity index is 1100. The van der Waals surface area contributed by atoms with Crippen molar-refractivity contribution in [1.82, 2.24) is 14.9 Å². The number of hydrogen-bond donors (Lipinski definition) is 1. The highest BCUT2D eigenvalue weighted by Gasteiger charge is 2.24. The molecular weight excluding hydrogens is 404 g/mol. The van der Waals surface area contributed by atoms with Crippen LogP contribution in [0.25, 0.3) is 10.9 Å². The largest absolute Gasteiger partial charge is 0.493 e. The van der Waals surface area contributed by atoms with Crippen molar-refractivity contribution in [2.75, 3.05) is 25.5 Å². The lowest BCUT2D eigenvalue weighted by molar-refractivity contribution is -0.127. The van der Waals surface area contributed by atoms with Crippen molar-refractivity contribution < 1.29 is 14.3 Å². The van der Waals surface area contributed by atoms with Crippen molar-refractivity contribution in [3.8, 4) is 11.5 Å². The van der Waals surface area contributed by atoms with Crippen molar-refractivity contribution in [2.24, 2.45) is 0 Å². The van der Waals surface area contributed by atoms with Crippen molar-refractivity contribution in [3.63, 3.8) is 0 Å². The van der Waals surface area contributed by atoms with Gasteiger partial charge in [0.1, 0.15) is 18.2 Å². The normalized spacial score (nSPS) is 15.2. The van der Waals surface area contributed by atoms with E-state index in [4.69, 9.17) is 9.47 Å². The molecule has 32 heavy (non-hydrogen) atoms. The number of likely N-dealkylation sites (tertiary alicyclic amines) is 1. The van der Waals surface area contributed by atoms with Gasteiger partial charge in [-0.05, 0) is 24.6 Å². The van der Waals surface area contributed by atoms with Crippen LogP contribution in [-0.4, -0.2) is 47.1 Å². The first-order valence-electron chi connectivity index (χ1n) is 10.8. The number of ether oxygens (including phenoxy) is 2. The maximum atomic E-state index is 11.8. The first-order chi connectivity index (χ1) is 15.6. The van der Waals surface area contributed by atoms with Crippen molar-refractivity contribution in [3.05, 3.63) is 67.0 Å². The summed E-state index contributed by atoms with van der Waals surface area (Å²) in [5.41, 5.74) is 1.95. The SMILES string of the molecule is C=CC(=O)N1CCC(Oc2cc3c(NC(C)c4ccccc4)ncnc3cc2OC)CC1. The monoisotopic (exact) mass is 432 g/mol. The van der Waals surface area contributed by atoms with E-state index in [-0.39, 0.29) is 18.1 Å². The van der Waals surface area contributed by atoms with Gasteiger partial charge in [-0.3, -0.25) is 4.79 Å². The summed E-state index contributed by atoms with van der Waals surface area (Å²) >= 11 is 0. The molecule has 2 aromatic carbocycles. The maximum absolute atomic E-state index is 11.8. The molecule has 1 N–H and O–H groups in total. The Morgan fingerprint density at radius 1 is 1.19 bits per heavy atom. The number of amides is 1.